The summed E-state index contributed by atoms with van der Waals surface area (Å²) in [5.41, 5.74) is 3.37. The fourth-order valence-corrected chi connectivity index (χ4v) is 4.98. The highest BCUT2D eigenvalue weighted by atomic mass is 16.7. The second kappa shape index (κ2) is 9.96. The fourth-order valence-electron chi connectivity index (χ4n) is 4.98. The molecule has 0 spiro atoms. The van der Waals surface area contributed by atoms with E-state index in [0.717, 1.165) is 35.6 Å². The quantitative estimate of drug-likeness (QED) is 0.502. The molecular formula is C28H31NO6. The van der Waals surface area contributed by atoms with E-state index < -0.39 is 0 Å². The topological polar surface area (TPSA) is 67.4 Å². The molecule has 0 radical (unpaired) electrons. The zero-order chi connectivity index (χ0) is 24.4. The average molecular weight is 478 g/mol. The SMILES string of the molecule is COc1cc([C@H]2c3cc4c(cc3O[C@H](NCCc3ccccc3)[C@@H]2C)OCO4)cc(OC)c1OC. The normalized spacial score (nSPS) is 20.1. The van der Waals surface area contributed by atoms with Crippen LogP contribution < -0.4 is 33.7 Å². The molecule has 0 aliphatic carbocycles. The number of nitrogens with one attached hydrogen (secondary N) is 1. The van der Waals surface area contributed by atoms with Gasteiger partial charge >= 0.3 is 0 Å². The van der Waals surface area contributed by atoms with Crippen molar-refractivity contribution in [1.29, 1.82) is 0 Å². The molecule has 0 amide bonds. The summed E-state index contributed by atoms with van der Waals surface area (Å²) >= 11 is 0. The summed E-state index contributed by atoms with van der Waals surface area (Å²) in [7, 11) is 4.88. The molecule has 3 aromatic rings. The lowest BCUT2D eigenvalue weighted by molar-refractivity contribution is 0.0797. The lowest BCUT2D eigenvalue weighted by Gasteiger charge is -2.39. The minimum Gasteiger partial charge on any atom is -0.493 e. The van der Waals surface area contributed by atoms with Crippen molar-refractivity contribution >= 4 is 0 Å². The van der Waals surface area contributed by atoms with Crippen molar-refractivity contribution in [3.63, 3.8) is 0 Å². The maximum atomic E-state index is 6.48. The molecule has 184 valence electrons. The van der Waals surface area contributed by atoms with Gasteiger partial charge in [-0.25, -0.2) is 0 Å². The molecule has 2 aliphatic rings. The van der Waals surface area contributed by atoms with Crippen LogP contribution in [0, 0.1) is 5.92 Å². The van der Waals surface area contributed by atoms with Crippen LogP contribution in [0.15, 0.2) is 54.6 Å². The molecule has 5 rings (SSSR count). The number of methoxy groups -OCH3 is 3. The Kier molecular flexibility index (Phi) is 6.59. The van der Waals surface area contributed by atoms with Gasteiger partial charge in [0.2, 0.25) is 12.5 Å². The van der Waals surface area contributed by atoms with Gasteiger partial charge in [-0.2, -0.15) is 0 Å². The van der Waals surface area contributed by atoms with Gasteiger partial charge in [0.05, 0.1) is 21.3 Å². The van der Waals surface area contributed by atoms with Gasteiger partial charge in [0.25, 0.3) is 0 Å². The summed E-state index contributed by atoms with van der Waals surface area (Å²) in [5, 5.41) is 3.63. The van der Waals surface area contributed by atoms with Gasteiger partial charge < -0.3 is 28.4 Å². The van der Waals surface area contributed by atoms with Crippen LogP contribution >= 0.6 is 0 Å². The van der Waals surface area contributed by atoms with Gasteiger partial charge in [-0.1, -0.05) is 37.3 Å². The highest BCUT2D eigenvalue weighted by Crippen LogP contribution is 2.51. The minimum absolute atomic E-state index is 0.00354. The van der Waals surface area contributed by atoms with Crippen molar-refractivity contribution in [1.82, 2.24) is 5.32 Å². The van der Waals surface area contributed by atoms with Crippen LogP contribution in [-0.4, -0.2) is 40.9 Å². The van der Waals surface area contributed by atoms with Gasteiger partial charge in [0, 0.05) is 30.0 Å². The summed E-state index contributed by atoms with van der Waals surface area (Å²) in [5.74, 6) is 4.12. The van der Waals surface area contributed by atoms with E-state index in [1.165, 1.54) is 5.56 Å². The smallest absolute Gasteiger partial charge is 0.231 e. The predicted molar refractivity (Wildman–Crippen MR) is 132 cm³/mol. The standard InChI is InChI=1S/C28H31NO6/c1-17-26(19-12-24(30-2)27(32-4)25(13-19)31-3)20-14-22-23(34-16-33-22)15-21(20)35-28(17)29-11-10-18-8-6-5-7-9-18/h5-9,12-15,17,26,28-29H,10-11,16H2,1-4H3/t17-,26+,28+/m1/s1. The summed E-state index contributed by atoms with van der Waals surface area (Å²) < 4.78 is 34.7. The van der Waals surface area contributed by atoms with Crippen molar-refractivity contribution in [2.24, 2.45) is 5.92 Å². The summed E-state index contributed by atoms with van der Waals surface area (Å²) in [6.07, 6.45) is 0.715. The number of benzene rings is 3. The lowest BCUT2D eigenvalue weighted by atomic mass is 9.78. The van der Waals surface area contributed by atoms with Crippen LogP contribution in [0.4, 0.5) is 0 Å². The highest BCUT2D eigenvalue weighted by Gasteiger charge is 2.38. The molecule has 0 saturated heterocycles. The maximum Gasteiger partial charge on any atom is 0.231 e. The predicted octanol–water partition coefficient (Wildman–Crippen LogP) is 4.76. The summed E-state index contributed by atoms with van der Waals surface area (Å²) in [4.78, 5) is 0. The molecule has 0 unspecified atom stereocenters. The minimum atomic E-state index is -0.198. The van der Waals surface area contributed by atoms with E-state index in [-0.39, 0.29) is 24.9 Å². The second-order valence-corrected chi connectivity index (χ2v) is 8.77. The second-order valence-electron chi connectivity index (χ2n) is 8.77. The largest absolute Gasteiger partial charge is 0.493 e. The molecule has 0 bridgehead atoms. The molecule has 7 heteroatoms. The van der Waals surface area contributed by atoms with Crippen LogP contribution in [0.2, 0.25) is 0 Å². The van der Waals surface area contributed by atoms with Gasteiger partial charge in [0.15, 0.2) is 29.2 Å². The molecule has 3 atom stereocenters. The van der Waals surface area contributed by atoms with Crippen LogP contribution in [0.25, 0.3) is 0 Å². The van der Waals surface area contributed by atoms with Crippen molar-refractivity contribution in [2.45, 2.75) is 25.5 Å². The Bertz CT molecular complexity index is 1160. The van der Waals surface area contributed by atoms with Crippen LogP contribution in [-0.2, 0) is 6.42 Å². The first-order valence-electron chi connectivity index (χ1n) is 11.8. The molecule has 3 aromatic carbocycles. The third kappa shape index (κ3) is 4.44. The van der Waals surface area contributed by atoms with Crippen LogP contribution in [0.3, 0.4) is 0 Å². The van der Waals surface area contributed by atoms with E-state index in [1.54, 1.807) is 21.3 Å². The molecule has 0 fully saturated rings. The third-order valence-electron chi connectivity index (χ3n) is 6.75. The van der Waals surface area contributed by atoms with Gasteiger partial charge in [-0.3, -0.25) is 5.32 Å². The van der Waals surface area contributed by atoms with Gasteiger partial charge in [-0.15, -0.1) is 0 Å². The first-order chi connectivity index (χ1) is 17.1. The zero-order valence-corrected chi connectivity index (χ0v) is 20.5. The van der Waals surface area contributed by atoms with Gasteiger partial charge in [-0.05, 0) is 35.7 Å². The van der Waals surface area contributed by atoms with Crippen molar-refractivity contribution in [3.8, 4) is 34.5 Å². The number of rotatable bonds is 8. The Morgan fingerprint density at radius 1 is 0.857 bits per heavy atom. The Labute approximate surface area is 205 Å². The van der Waals surface area contributed by atoms with Gasteiger partial charge in [0.1, 0.15) is 5.75 Å². The zero-order valence-electron chi connectivity index (χ0n) is 20.5. The van der Waals surface area contributed by atoms with Crippen molar-refractivity contribution in [3.05, 3.63) is 71.3 Å². The molecule has 0 saturated carbocycles. The van der Waals surface area contributed by atoms with Crippen molar-refractivity contribution < 1.29 is 28.4 Å². The molecule has 1 N–H and O–H groups in total. The first kappa shape index (κ1) is 23.2. The van der Waals surface area contributed by atoms with Crippen LogP contribution in [0.1, 0.15) is 29.5 Å². The average Bonchev–Trinajstić information content (AvgIpc) is 3.35. The Hall–Kier alpha value is -3.58. The molecule has 2 aliphatic heterocycles. The summed E-state index contributed by atoms with van der Waals surface area (Å²) in [6.45, 7) is 3.20. The number of fused-ring (bicyclic) bond motifs is 2. The molecule has 0 aromatic heterocycles. The molecule has 35 heavy (non-hydrogen) atoms. The van der Waals surface area contributed by atoms with E-state index in [0.29, 0.717) is 23.0 Å². The van der Waals surface area contributed by atoms with E-state index in [2.05, 4.69) is 36.5 Å². The molecule has 7 nitrogen and oxygen atoms in total. The molecule has 2 heterocycles. The maximum absolute atomic E-state index is 6.48. The van der Waals surface area contributed by atoms with Crippen molar-refractivity contribution in [2.75, 3.05) is 34.7 Å². The van der Waals surface area contributed by atoms with E-state index in [1.807, 2.05) is 30.3 Å². The summed E-state index contributed by atoms with van der Waals surface area (Å²) in [6, 6.07) is 18.4. The molecular weight excluding hydrogens is 446 g/mol. The lowest BCUT2D eigenvalue weighted by Crippen LogP contribution is -2.46. The fraction of sp³-hybridized carbons (Fsp3) is 0.357. The Morgan fingerprint density at radius 3 is 2.20 bits per heavy atom. The highest BCUT2D eigenvalue weighted by molar-refractivity contribution is 5.60. The Balaban J connectivity index is 1.51. The first-order valence-corrected chi connectivity index (χ1v) is 11.8. The van der Waals surface area contributed by atoms with E-state index >= 15 is 0 Å². The van der Waals surface area contributed by atoms with E-state index in [9.17, 15) is 0 Å². The number of hydrogen-bond donors (Lipinski definition) is 1. The number of ether oxygens (including phenoxy) is 6. The number of hydrogen-bond acceptors (Lipinski definition) is 7. The Morgan fingerprint density at radius 2 is 1.54 bits per heavy atom. The van der Waals surface area contributed by atoms with E-state index in [4.69, 9.17) is 28.4 Å². The third-order valence-corrected chi connectivity index (χ3v) is 6.75. The monoisotopic (exact) mass is 477 g/mol. The van der Waals surface area contributed by atoms with Crippen LogP contribution in [0.5, 0.6) is 34.5 Å².